The van der Waals surface area contributed by atoms with E-state index in [9.17, 15) is 0 Å². The third-order valence-electron chi connectivity index (χ3n) is 3.59. The average molecular weight is 294 g/mol. The molecule has 1 aliphatic heterocycles. The SMILES string of the molecule is CCc1nnc(NC2CCCOC2)c(C(N)=S)c1CC. The highest BCUT2D eigenvalue weighted by Crippen LogP contribution is 2.22. The van der Waals surface area contributed by atoms with Gasteiger partial charge in [0.25, 0.3) is 0 Å². The van der Waals surface area contributed by atoms with Gasteiger partial charge in [0.2, 0.25) is 0 Å². The van der Waals surface area contributed by atoms with Crippen LogP contribution in [0.5, 0.6) is 0 Å². The van der Waals surface area contributed by atoms with E-state index in [1.165, 1.54) is 0 Å². The highest BCUT2D eigenvalue weighted by Gasteiger charge is 2.20. The Kier molecular flexibility index (Phi) is 5.25. The van der Waals surface area contributed by atoms with Crippen molar-refractivity contribution in [2.24, 2.45) is 5.73 Å². The summed E-state index contributed by atoms with van der Waals surface area (Å²) in [5, 5.41) is 12.0. The lowest BCUT2D eigenvalue weighted by molar-refractivity contribution is 0.0875. The van der Waals surface area contributed by atoms with Gasteiger partial charge in [0.05, 0.1) is 23.9 Å². The number of hydrogen-bond acceptors (Lipinski definition) is 5. The van der Waals surface area contributed by atoms with Crippen LogP contribution < -0.4 is 11.1 Å². The molecular weight excluding hydrogens is 272 g/mol. The van der Waals surface area contributed by atoms with E-state index < -0.39 is 0 Å². The first-order valence-corrected chi connectivity index (χ1v) is 7.60. The highest BCUT2D eigenvalue weighted by molar-refractivity contribution is 7.80. The largest absolute Gasteiger partial charge is 0.389 e. The van der Waals surface area contributed by atoms with Crippen molar-refractivity contribution in [3.63, 3.8) is 0 Å². The van der Waals surface area contributed by atoms with Crippen molar-refractivity contribution in [3.8, 4) is 0 Å². The van der Waals surface area contributed by atoms with Gasteiger partial charge >= 0.3 is 0 Å². The van der Waals surface area contributed by atoms with Gasteiger partial charge in [0, 0.05) is 6.61 Å². The monoisotopic (exact) mass is 294 g/mol. The maximum atomic E-state index is 5.91. The molecule has 110 valence electrons. The van der Waals surface area contributed by atoms with Gasteiger partial charge in [0.15, 0.2) is 5.82 Å². The van der Waals surface area contributed by atoms with Gasteiger partial charge in [0.1, 0.15) is 4.99 Å². The first kappa shape index (κ1) is 15.1. The van der Waals surface area contributed by atoms with Crippen LogP contribution in [-0.2, 0) is 17.6 Å². The molecule has 0 saturated carbocycles. The Hall–Kier alpha value is -1.27. The van der Waals surface area contributed by atoms with Gasteiger partial charge in [-0.3, -0.25) is 0 Å². The Balaban J connectivity index is 2.33. The quantitative estimate of drug-likeness (QED) is 0.807. The third-order valence-corrected chi connectivity index (χ3v) is 3.80. The predicted molar refractivity (Wildman–Crippen MR) is 84.1 cm³/mol. The predicted octanol–water partition coefficient (Wildman–Crippen LogP) is 1.83. The lowest BCUT2D eigenvalue weighted by Gasteiger charge is -2.25. The molecule has 1 aromatic heterocycles. The molecule has 2 heterocycles. The van der Waals surface area contributed by atoms with Gasteiger partial charge in [-0.2, -0.15) is 5.10 Å². The molecule has 20 heavy (non-hydrogen) atoms. The molecule has 6 heteroatoms. The van der Waals surface area contributed by atoms with Crippen molar-refractivity contribution < 1.29 is 4.74 Å². The second-order valence-electron chi connectivity index (χ2n) is 4.98. The topological polar surface area (TPSA) is 73.1 Å². The zero-order valence-electron chi connectivity index (χ0n) is 12.1. The second kappa shape index (κ2) is 6.95. The first-order chi connectivity index (χ1) is 9.67. The lowest BCUT2D eigenvalue weighted by atomic mass is 10.0. The molecule has 2 rings (SSSR count). The van der Waals surface area contributed by atoms with Crippen molar-refractivity contribution in [2.75, 3.05) is 18.5 Å². The van der Waals surface area contributed by atoms with Crippen molar-refractivity contribution >= 4 is 23.0 Å². The third kappa shape index (κ3) is 3.24. The minimum atomic E-state index is 0.253. The molecular formula is C14H22N4OS. The Morgan fingerprint density at radius 3 is 2.75 bits per heavy atom. The van der Waals surface area contributed by atoms with Crippen LogP contribution in [0.4, 0.5) is 5.82 Å². The zero-order chi connectivity index (χ0) is 14.5. The fourth-order valence-electron chi connectivity index (χ4n) is 2.59. The molecule has 1 saturated heterocycles. The number of aromatic nitrogens is 2. The first-order valence-electron chi connectivity index (χ1n) is 7.19. The summed E-state index contributed by atoms with van der Waals surface area (Å²) < 4.78 is 5.48. The molecule has 0 aromatic carbocycles. The van der Waals surface area contributed by atoms with Crippen LogP contribution in [0, 0.1) is 0 Å². The normalized spacial score (nSPS) is 18.8. The van der Waals surface area contributed by atoms with E-state index in [0.29, 0.717) is 17.4 Å². The van der Waals surface area contributed by atoms with Crippen LogP contribution in [0.15, 0.2) is 0 Å². The summed E-state index contributed by atoms with van der Waals surface area (Å²) in [6.07, 6.45) is 3.80. The smallest absolute Gasteiger partial charge is 0.159 e. The van der Waals surface area contributed by atoms with Crippen LogP contribution in [0.1, 0.15) is 43.5 Å². The van der Waals surface area contributed by atoms with Crippen molar-refractivity contribution in [2.45, 2.75) is 45.6 Å². The fraction of sp³-hybridized carbons (Fsp3) is 0.643. The maximum absolute atomic E-state index is 5.91. The summed E-state index contributed by atoms with van der Waals surface area (Å²) in [4.78, 5) is 0.380. The Morgan fingerprint density at radius 2 is 2.20 bits per heavy atom. The van der Waals surface area contributed by atoms with E-state index in [-0.39, 0.29) is 6.04 Å². The molecule has 1 fully saturated rings. The van der Waals surface area contributed by atoms with E-state index in [0.717, 1.165) is 49.1 Å². The molecule has 1 atom stereocenters. The van der Waals surface area contributed by atoms with Crippen LogP contribution in [0.25, 0.3) is 0 Å². The highest BCUT2D eigenvalue weighted by atomic mass is 32.1. The van der Waals surface area contributed by atoms with Crippen molar-refractivity contribution in [1.29, 1.82) is 0 Å². The summed E-state index contributed by atoms with van der Waals surface area (Å²) in [6, 6.07) is 0.253. The van der Waals surface area contributed by atoms with E-state index >= 15 is 0 Å². The average Bonchev–Trinajstić information content (AvgIpc) is 2.47. The Morgan fingerprint density at radius 1 is 1.40 bits per heavy atom. The molecule has 0 radical (unpaired) electrons. The summed E-state index contributed by atoms with van der Waals surface area (Å²) in [6.45, 7) is 5.68. The van der Waals surface area contributed by atoms with Gasteiger partial charge in [-0.15, -0.1) is 5.10 Å². The summed E-state index contributed by atoms with van der Waals surface area (Å²) >= 11 is 5.22. The molecule has 0 aliphatic carbocycles. The molecule has 1 unspecified atom stereocenters. The Bertz CT molecular complexity index is 486. The minimum absolute atomic E-state index is 0.253. The van der Waals surface area contributed by atoms with Crippen molar-refractivity contribution in [1.82, 2.24) is 10.2 Å². The summed E-state index contributed by atoms with van der Waals surface area (Å²) in [7, 11) is 0. The standard InChI is InChI=1S/C14H22N4OS/c1-3-10-11(4-2)17-18-14(12(10)13(15)20)16-9-6-5-7-19-8-9/h9H,3-8H2,1-2H3,(H2,15,20)(H,16,18). The van der Waals surface area contributed by atoms with Crippen LogP contribution in [0.2, 0.25) is 0 Å². The number of hydrogen-bond donors (Lipinski definition) is 2. The number of nitrogens with one attached hydrogen (secondary N) is 1. The summed E-state index contributed by atoms with van der Waals surface area (Å²) in [5.41, 5.74) is 8.84. The van der Waals surface area contributed by atoms with E-state index in [4.69, 9.17) is 22.7 Å². The molecule has 5 nitrogen and oxygen atoms in total. The second-order valence-corrected chi connectivity index (χ2v) is 5.42. The Labute approximate surface area is 125 Å². The zero-order valence-corrected chi connectivity index (χ0v) is 12.9. The van der Waals surface area contributed by atoms with E-state index in [1.807, 2.05) is 0 Å². The number of thiocarbonyl (C=S) groups is 1. The number of ether oxygens (including phenoxy) is 1. The van der Waals surface area contributed by atoms with Crippen molar-refractivity contribution in [3.05, 3.63) is 16.8 Å². The number of nitrogens with zero attached hydrogens (tertiary/aromatic N) is 2. The van der Waals surface area contributed by atoms with Crippen LogP contribution in [-0.4, -0.2) is 34.4 Å². The lowest BCUT2D eigenvalue weighted by Crippen LogP contribution is -2.32. The van der Waals surface area contributed by atoms with E-state index in [2.05, 4.69) is 29.4 Å². The van der Waals surface area contributed by atoms with E-state index in [1.54, 1.807) is 0 Å². The van der Waals surface area contributed by atoms with Gasteiger partial charge in [-0.05, 0) is 31.2 Å². The molecule has 0 spiro atoms. The summed E-state index contributed by atoms with van der Waals surface area (Å²) in [5.74, 6) is 0.696. The van der Waals surface area contributed by atoms with Crippen LogP contribution in [0.3, 0.4) is 0 Å². The molecule has 1 aliphatic rings. The van der Waals surface area contributed by atoms with Crippen LogP contribution >= 0.6 is 12.2 Å². The number of nitrogens with two attached hydrogens (primary N) is 1. The molecule has 0 amide bonds. The van der Waals surface area contributed by atoms with Gasteiger partial charge in [-0.1, -0.05) is 26.1 Å². The number of rotatable bonds is 5. The van der Waals surface area contributed by atoms with Gasteiger partial charge < -0.3 is 15.8 Å². The number of aryl methyl sites for hydroxylation is 1. The molecule has 0 bridgehead atoms. The fourth-order valence-corrected chi connectivity index (χ4v) is 2.81. The molecule has 3 N–H and O–H groups in total. The molecule has 1 aromatic rings. The number of anilines is 1. The minimum Gasteiger partial charge on any atom is -0.389 e. The van der Waals surface area contributed by atoms with Gasteiger partial charge in [-0.25, -0.2) is 0 Å². The maximum Gasteiger partial charge on any atom is 0.159 e.